The Morgan fingerprint density at radius 3 is 2.30 bits per heavy atom. The summed E-state index contributed by atoms with van der Waals surface area (Å²) in [6.07, 6.45) is -0.772. The molecule has 0 unspecified atom stereocenters. The van der Waals surface area contributed by atoms with Crippen molar-refractivity contribution in [2.45, 2.75) is 25.0 Å². The number of hydrogen-bond donors (Lipinski definition) is 2. The molecule has 0 aliphatic heterocycles. The maximum atomic E-state index is 12.2. The molecule has 114 valence electrons. The van der Waals surface area contributed by atoms with E-state index in [4.69, 9.17) is 19.0 Å². The number of rotatable bonds is 7. The lowest BCUT2D eigenvalue weighted by atomic mass is 10.2. The van der Waals surface area contributed by atoms with Crippen molar-refractivity contribution in [1.82, 2.24) is 4.72 Å². The van der Waals surface area contributed by atoms with E-state index in [0.717, 1.165) is 0 Å². The Balaban J connectivity index is 3.13. The van der Waals surface area contributed by atoms with Gasteiger partial charge in [-0.1, -0.05) is 0 Å². The normalized spacial score (nSPS) is 12.1. The summed E-state index contributed by atoms with van der Waals surface area (Å²) >= 11 is 0. The van der Waals surface area contributed by atoms with E-state index in [1.165, 1.54) is 28.1 Å². The zero-order valence-electron chi connectivity index (χ0n) is 11.6. The zero-order valence-corrected chi connectivity index (χ0v) is 12.4. The van der Waals surface area contributed by atoms with Crippen LogP contribution in [0.15, 0.2) is 9.31 Å². The van der Waals surface area contributed by atoms with Crippen LogP contribution in [-0.2, 0) is 19.5 Å². The van der Waals surface area contributed by atoms with Gasteiger partial charge in [0.15, 0.2) is 6.29 Å². The molecule has 0 radical (unpaired) electrons. The number of carboxylic acid groups (broad SMARTS) is 1. The molecule has 1 aromatic rings. The van der Waals surface area contributed by atoms with Gasteiger partial charge in [0.05, 0.1) is 6.54 Å². The van der Waals surface area contributed by atoms with Gasteiger partial charge in [-0.3, -0.25) is 0 Å². The van der Waals surface area contributed by atoms with Crippen molar-refractivity contribution >= 4 is 16.0 Å². The lowest BCUT2D eigenvalue weighted by molar-refractivity contribution is -0.0960. The molecule has 1 aromatic heterocycles. The fourth-order valence-corrected chi connectivity index (χ4v) is 3.17. The highest BCUT2D eigenvalue weighted by molar-refractivity contribution is 7.89. The number of carboxylic acids is 1. The summed E-state index contributed by atoms with van der Waals surface area (Å²) in [6, 6.07) is 0. The molecule has 2 N–H and O–H groups in total. The Bertz CT molecular complexity index is 586. The molecular formula is C11H17NO7S. The highest BCUT2D eigenvalue weighted by Gasteiger charge is 2.31. The van der Waals surface area contributed by atoms with Crippen molar-refractivity contribution < 1.29 is 32.2 Å². The molecular weight excluding hydrogens is 290 g/mol. The fourth-order valence-electron chi connectivity index (χ4n) is 1.75. The van der Waals surface area contributed by atoms with Crippen LogP contribution in [0.2, 0.25) is 0 Å². The highest BCUT2D eigenvalue weighted by atomic mass is 32.2. The standard InChI is InChI=1S/C11H17NO7S/c1-6-9(11(13)14)10(7(2)19-6)20(15,16)12-5-8(17-3)18-4/h8,12H,5H2,1-4H3,(H,13,14). The molecule has 9 heteroatoms. The van der Waals surface area contributed by atoms with Gasteiger partial charge in [0.25, 0.3) is 0 Å². The summed E-state index contributed by atoms with van der Waals surface area (Å²) in [5.41, 5.74) is -0.374. The van der Waals surface area contributed by atoms with Crippen LogP contribution in [-0.4, -0.2) is 46.5 Å². The number of sulfonamides is 1. The second-order valence-electron chi connectivity index (χ2n) is 3.98. The van der Waals surface area contributed by atoms with Gasteiger partial charge in [0, 0.05) is 14.2 Å². The number of methoxy groups -OCH3 is 2. The molecule has 1 rings (SSSR count). The van der Waals surface area contributed by atoms with Gasteiger partial charge in [-0.25, -0.2) is 17.9 Å². The minimum atomic E-state index is -4.05. The van der Waals surface area contributed by atoms with Crippen LogP contribution in [0.25, 0.3) is 0 Å². The molecule has 0 aromatic carbocycles. The smallest absolute Gasteiger partial charge is 0.340 e. The molecule has 0 amide bonds. The van der Waals surface area contributed by atoms with Crippen molar-refractivity contribution in [2.24, 2.45) is 0 Å². The first-order valence-corrected chi connectivity index (χ1v) is 7.11. The van der Waals surface area contributed by atoms with E-state index >= 15 is 0 Å². The van der Waals surface area contributed by atoms with E-state index < -0.39 is 22.3 Å². The van der Waals surface area contributed by atoms with E-state index in [1.807, 2.05) is 0 Å². The average Bonchev–Trinajstić information content (AvgIpc) is 2.66. The van der Waals surface area contributed by atoms with Crippen LogP contribution < -0.4 is 4.72 Å². The monoisotopic (exact) mass is 307 g/mol. The van der Waals surface area contributed by atoms with Crippen LogP contribution >= 0.6 is 0 Å². The van der Waals surface area contributed by atoms with Gasteiger partial charge in [0.2, 0.25) is 10.0 Å². The van der Waals surface area contributed by atoms with Gasteiger partial charge in [-0.15, -0.1) is 0 Å². The van der Waals surface area contributed by atoms with E-state index in [0.29, 0.717) is 0 Å². The molecule has 0 atom stereocenters. The van der Waals surface area contributed by atoms with Crippen LogP contribution in [0.4, 0.5) is 0 Å². The highest BCUT2D eigenvalue weighted by Crippen LogP contribution is 2.26. The molecule has 0 spiro atoms. The lowest BCUT2D eigenvalue weighted by Gasteiger charge is -2.14. The Labute approximate surface area is 116 Å². The third kappa shape index (κ3) is 3.37. The largest absolute Gasteiger partial charge is 0.478 e. The molecule has 0 bridgehead atoms. The van der Waals surface area contributed by atoms with Crippen LogP contribution in [0.3, 0.4) is 0 Å². The molecule has 0 aliphatic rings. The Morgan fingerprint density at radius 1 is 1.30 bits per heavy atom. The van der Waals surface area contributed by atoms with E-state index in [2.05, 4.69) is 4.72 Å². The van der Waals surface area contributed by atoms with Gasteiger partial charge in [0.1, 0.15) is 22.0 Å². The predicted molar refractivity (Wildman–Crippen MR) is 68.1 cm³/mol. The minimum absolute atomic E-state index is 0.0128. The van der Waals surface area contributed by atoms with Crippen molar-refractivity contribution in [3.8, 4) is 0 Å². The third-order valence-electron chi connectivity index (χ3n) is 2.65. The average molecular weight is 307 g/mol. The number of hydrogen-bond acceptors (Lipinski definition) is 6. The van der Waals surface area contributed by atoms with Gasteiger partial charge < -0.3 is 19.0 Å². The van der Waals surface area contributed by atoms with Crippen LogP contribution in [0, 0.1) is 13.8 Å². The van der Waals surface area contributed by atoms with E-state index in [1.54, 1.807) is 0 Å². The van der Waals surface area contributed by atoms with Crippen molar-refractivity contribution in [1.29, 1.82) is 0 Å². The second kappa shape index (κ2) is 6.35. The summed E-state index contributed by atoms with van der Waals surface area (Å²) in [4.78, 5) is 10.8. The number of aromatic carboxylic acids is 1. The SMILES string of the molecule is COC(CNS(=O)(=O)c1c(C)oc(C)c1C(=O)O)OC. The summed E-state index contributed by atoms with van der Waals surface area (Å²) in [7, 11) is -1.33. The number of nitrogens with one attached hydrogen (secondary N) is 1. The number of aryl methyl sites for hydroxylation is 2. The van der Waals surface area contributed by atoms with Crippen molar-refractivity contribution in [2.75, 3.05) is 20.8 Å². The molecule has 0 fully saturated rings. The fraction of sp³-hybridized carbons (Fsp3) is 0.545. The number of furan rings is 1. The first-order chi connectivity index (χ1) is 9.24. The predicted octanol–water partition coefficient (Wildman–Crippen LogP) is 0.492. The van der Waals surface area contributed by atoms with E-state index in [9.17, 15) is 13.2 Å². The Hall–Kier alpha value is -1.42. The van der Waals surface area contributed by atoms with Crippen LogP contribution in [0.1, 0.15) is 21.9 Å². The lowest BCUT2D eigenvalue weighted by Crippen LogP contribution is -2.34. The Morgan fingerprint density at radius 2 is 1.85 bits per heavy atom. The molecule has 20 heavy (non-hydrogen) atoms. The first-order valence-electron chi connectivity index (χ1n) is 5.63. The van der Waals surface area contributed by atoms with E-state index in [-0.39, 0.29) is 28.5 Å². The summed E-state index contributed by atoms with van der Waals surface area (Å²) in [5.74, 6) is -1.32. The maximum absolute atomic E-state index is 12.2. The maximum Gasteiger partial charge on any atom is 0.340 e. The molecule has 0 aliphatic carbocycles. The van der Waals surface area contributed by atoms with Gasteiger partial charge in [-0.05, 0) is 13.8 Å². The van der Waals surface area contributed by atoms with Crippen molar-refractivity contribution in [3.05, 3.63) is 17.1 Å². The van der Waals surface area contributed by atoms with Crippen molar-refractivity contribution in [3.63, 3.8) is 0 Å². The second-order valence-corrected chi connectivity index (χ2v) is 5.68. The van der Waals surface area contributed by atoms with Gasteiger partial charge in [-0.2, -0.15) is 0 Å². The molecule has 0 saturated carbocycles. The number of carbonyl (C=O) groups is 1. The minimum Gasteiger partial charge on any atom is -0.478 e. The van der Waals surface area contributed by atoms with Crippen LogP contribution in [0.5, 0.6) is 0 Å². The number of ether oxygens (including phenoxy) is 2. The molecule has 0 saturated heterocycles. The van der Waals surface area contributed by atoms with Gasteiger partial charge >= 0.3 is 5.97 Å². The summed E-state index contributed by atoms with van der Waals surface area (Å²) in [5, 5.41) is 9.09. The summed E-state index contributed by atoms with van der Waals surface area (Å²) < 4.78 is 41.4. The third-order valence-corrected chi connectivity index (χ3v) is 4.23. The quantitative estimate of drug-likeness (QED) is 0.704. The summed E-state index contributed by atoms with van der Waals surface area (Å²) in [6.45, 7) is 2.62. The zero-order chi connectivity index (χ0) is 15.5. The molecule has 8 nitrogen and oxygen atoms in total. The molecule has 1 heterocycles. The first kappa shape index (κ1) is 16.6. The Kier molecular flexibility index (Phi) is 5.28. The topological polar surface area (TPSA) is 115 Å².